The number of benzene rings is 1. The molecule has 1 heterocycles. The summed E-state index contributed by atoms with van der Waals surface area (Å²) in [4.78, 5) is 13.6. The molecule has 78 valence electrons. The summed E-state index contributed by atoms with van der Waals surface area (Å²) in [6.07, 6.45) is 0. The van der Waals surface area contributed by atoms with Gasteiger partial charge in [-0.3, -0.25) is 4.79 Å². The predicted molar refractivity (Wildman–Crippen MR) is 58.6 cm³/mol. The van der Waals surface area contributed by atoms with E-state index in [1.807, 2.05) is 0 Å². The zero-order valence-corrected chi connectivity index (χ0v) is 9.32. The molecule has 1 aromatic carbocycles. The molecule has 7 heteroatoms. The van der Waals surface area contributed by atoms with E-state index in [-0.39, 0.29) is 20.8 Å². The number of aromatic nitrogens is 2. The molecule has 2 aromatic rings. The fourth-order valence-corrected chi connectivity index (χ4v) is 1.88. The Morgan fingerprint density at radius 2 is 1.93 bits per heavy atom. The first-order valence-corrected chi connectivity index (χ1v) is 4.94. The SMILES string of the molecule is O=c1[nH]c2c(Cl)cc(Cl)cc2[n+]([O-])c1Cl. The van der Waals surface area contributed by atoms with Gasteiger partial charge in [0.2, 0.25) is 5.52 Å². The van der Waals surface area contributed by atoms with Crippen molar-refractivity contribution in [2.24, 2.45) is 0 Å². The van der Waals surface area contributed by atoms with Gasteiger partial charge in [-0.2, -0.15) is 0 Å². The average Bonchev–Trinajstić information content (AvgIpc) is 2.17. The van der Waals surface area contributed by atoms with Crippen molar-refractivity contribution in [3.8, 4) is 0 Å². The Morgan fingerprint density at radius 3 is 2.60 bits per heavy atom. The van der Waals surface area contributed by atoms with Gasteiger partial charge in [0.05, 0.1) is 5.02 Å². The fraction of sp³-hybridized carbons (Fsp3) is 0. The molecule has 1 aromatic heterocycles. The minimum absolute atomic E-state index is 0.122. The second-order valence-electron chi connectivity index (χ2n) is 2.82. The number of hydrogen-bond acceptors (Lipinski definition) is 2. The Hall–Kier alpha value is -0.970. The van der Waals surface area contributed by atoms with Crippen LogP contribution in [0.5, 0.6) is 0 Å². The number of aromatic amines is 1. The maximum Gasteiger partial charge on any atom is 0.352 e. The van der Waals surface area contributed by atoms with E-state index in [2.05, 4.69) is 4.98 Å². The Balaban J connectivity index is 3.05. The summed E-state index contributed by atoms with van der Waals surface area (Å²) in [6, 6.07) is 2.80. The van der Waals surface area contributed by atoms with Gasteiger partial charge in [0.25, 0.3) is 0 Å². The molecule has 1 N–H and O–H groups in total. The zero-order chi connectivity index (χ0) is 11.2. The van der Waals surface area contributed by atoms with Crippen molar-refractivity contribution < 1.29 is 4.73 Å². The van der Waals surface area contributed by atoms with E-state index >= 15 is 0 Å². The van der Waals surface area contributed by atoms with Gasteiger partial charge < -0.3 is 10.2 Å². The number of rotatable bonds is 0. The second kappa shape index (κ2) is 3.56. The highest BCUT2D eigenvalue weighted by Gasteiger charge is 2.16. The maximum atomic E-state index is 11.5. The van der Waals surface area contributed by atoms with Crippen molar-refractivity contribution in [2.75, 3.05) is 0 Å². The Labute approximate surface area is 98.6 Å². The first-order valence-electron chi connectivity index (χ1n) is 3.81. The number of halogens is 3. The van der Waals surface area contributed by atoms with Crippen LogP contribution in [0.25, 0.3) is 11.0 Å². The van der Waals surface area contributed by atoms with Crippen molar-refractivity contribution in [1.29, 1.82) is 0 Å². The van der Waals surface area contributed by atoms with E-state index in [1.54, 1.807) is 0 Å². The lowest BCUT2D eigenvalue weighted by Crippen LogP contribution is -2.35. The van der Waals surface area contributed by atoms with Crippen LogP contribution < -0.4 is 10.3 Å². The van der Waals surface area contributed by atoms with Crippen LogP contribution >= 0.6 is 34.8 Å². The number of H-pyrrole nitrogens is 1. The molecule has 0 saturated heterocycles. The Kier molecular flexibility index (Phi) is 2.50. The van der Waals surface area contributed by atoms with Crippen LogP contribution in [-0.4, -0.2) is 4.98 Å². The summed E-state index contributed by atoms with van der Waals surface area (Å²) in [5.74, 6) is 0. The van der Waals surface area contributed by atoms with E-state index in [9.17, 15) is 10.0 Å². The highest BCUT2D eigenvalue weighted by atomic mass is 35.5. The molecule has 4 nitrogen and oxygen atoms in total. The molecule has 0 radical (unpaired) electrons. The summed E-state index contributed by atoms with van der Waals surface area (Å²) in [5.41, 5.74) is -0.356. The summed E-state index contributed by atoms with van der Waals surface area (Å²) >= 11 is 17.0. The molecule has 0 spiro atoms. The maximum absolute atomic E-state index is 11.5. The molecule has 0 saturated carbocycles. The highest BCUT2D eigenvalue weighted by molar-refractivity contribution is 6.38. The minimum atomic E-state index is -0.691. The first kappa shape index (κ1) is 10.5. The molecule has 0 aliphatic heterocycles. The zero-order valence-electron chi connectivity index (χ0n) is 7.05. The van der Waals surface area contributed by atoms with Crippen LogP contribution in [0.1, 0.15) is 0 Å². The fourth-order valence-electron chi connectivity index (χ4n) is 1.21. The number of hydrogen-bond donors (Lipinski definition) is 1. The van der Waals surface area contributed by atoms with Gasteiger partial charge in [-0.25, -0.2) is 0 Å². The van der Waals surface area contributed by atoms with Crippen LogP contribution in [-0.2, 0) is 0 Å². The van der Waals surface area contributed by atoms with Crippen molar-refractivity contribution in [3.63, 3.8) is 0 Å². The van der Waals surface area contributed by atoms with Crippen molar-refractivity contribution in [3.05, 3.63) is 42.9 Å². The largest absolute Gasteiger partial charge is 0.617 e. The Bertz CT molecular complexity index is 609. The van der Waals surface area contributed by atoms with Gasteiger partial charge in [-0.1, -0.05) is 23.2 Å². The molecule has 0 fully saturated rings. The van der Waals surface area contributed by atoms with Gasteiger partial charge >= 0.3 is 10.7 Å². The van der Waals surface area contributed by atoms with Crippen molar-refractivity contribution >= 4 is 45.8 Å². The van der Waals surface area contributed by atoms with E-state index in [0.717, 1.165) is 0 Å². The lowest BCUT2D eigenvalue weighted by molar-refractivity contribution is -0.575. The number of fused-ring (bicyclic) bond motifs is 1. The third-order valence-corrected chi connectivity index (χ3v) is 2.70. The first-order chi connectivity index (χ1) is 7.00. The minimum Gasteiger partial charge on any atom is -0.617 e. The molecule has 2 rings (SSSR count). The van der Waals surface area contributed by atoms with Crippen LogP contribution in [0.3, 0.4) is 0 Å². The molecule has 0 atom stereocenters. The number of nitrogens with one attached hydrogen (secondary N) is 1. The molecule has 0 amide bonds. The van der Waals surface area contributed by atoms with E-state index in [0.29, 0.717) is 5.02 Å². The van der Waals surface area contributed by atoms with Gasteiger partial charge in [-0.05, 0) is 17.7 Å². The number of nitrogens with zero attached hydrogens (tertiary/aromatic N) is 1. The van der Waals surface area contributed by atoms with Crippen LogP contribution in [0.15, 0.2) is 16.9 Å². The van der Waals surface area contributed by atoms with Crippen LogP contribution in [0.4, 0.5) is 0 Å². The third kappa shape index (κ3) is 1.65. The standard InChI is InChI=1S/C8H3Cl3N2O2/c9-3-1-4(10)6-5(2-3)13(15)7(11)8(14)12-6/h1-2H,(H,12,14). The summed E-state index contributed by atoms with van der Waals surface area (Å²) in [5, 5.41) is 11.5. The molecule has 0 bridgehead atoms. The highest BCUT2D eigenvalue weighted by Crippen LogP contribution is 2.23. The molecule has 0 aliphatic rings. The average molecular weight is 265 g/mol. The van der Waals surface area contributed by atoms with Crippen molar-refractivity contribution in [1.82, 2.24) is 4.98 Å². The second-order valence-corrected chi connectivity index (χ2v) is 4.02. The molecular formula is C8H3Cl3N2O2. The lowest BCUT2D eigenvalue weighted by atomic mass is 10.3. The predicted octanol–water partition coefficient (Wildman–Crippen LogP) is 2.12. The van der Waals surface area contributed by atoms with E-state index in [4.69, 9.17) is 34.8 Å². The monoisotopic (exact) mass is 264 g/mol. The van der Waals surface area contributed by atoms with E-state index in [1.165, 1.54) is 12.1 Å². The third-order valence-electron chi connectivity index (χ3n) is 1.86. The lowest BCUT2D eigenvalue weighted by Gasteiger charge is -2.04. The van der Waals surface area contributed by atoms with Crippen LogP contribution in [0.2, 0.25) is 15.2 Å². The molecule has 15 heavy (non-hydrogen) atoms. The summed E-state index contributed by atoms with van der Waals surface area (Å²) in [7, 11) is 0. The van der Waals surface area contributed by atoms with Gasteiger partial charge in [0.1, 0.15) is 5.52 Å². The summed E-state index contributed by atoms with van der Waals surface area (Å²) in [6.45, 7) is 0. The molecule has 0 unspecified atom stereocenters. The van der Waals surface area contributed by atoms with Gasteiger partial charge in [-0.15, -0.1) is 4.73 Å². The quantitative estimate of drug-likeness (QED) is 0.586. The molecular weight excluding hydrogens is 262 g/mol. The normalized spacial score (nSPS) is 10.9. The van der Waals surface area contributed by atoms with Crippen LogP contribution in [0, 0.1) is 5.21 Å². The van der Waals surface area contributed by atoms with Gasteiger partial charge in [0, 0.05) is 11.1 Å². The smallest absolute Gasteiger partial charge is 0.352 e. The van der Waals surface area contributed by atoms with Crippen molar-refractivity contribution in [2.45, 2.75) is 0 Å². The summed E-state index contributed by atoms with van der Waals surface area (Å²) < 4.78 is 0.285. The topological polar surface area (TPSA) is 59.8 Å². The van der Waals surface area contributed by atoms with Gasteiger partial charge in [0.15, 0.2) is 0 Å². The Morgan fingerprint density at radius 1 is 1.27 bits per heavy atom. The van der Waals surface area contributed by atoms with E-state index < -0.39 is 10.7 Å². The molecule has 0 aliphatic carbocycles.